The summed E-state index contributed by atoms with van der Waals surface area (Å²) in [5.74, 6) is 0.563. The van der Waals surface area contributed by atoms with Crippen LogP contribution in [0, 0.1) is 0 Å². The molecule has 3 N–H and O–H groups in total. The highest BCUT2D eigenvalue weighted by Gasteiger charge is 2.43. The van der Waals surface area contributed by atoms with Gasteiger partial charge in [0, 0.05) is 10.7 Å². The van der Waals surface area contributed by atoms with Crippen LogP contribution in [0.25, 0.3) is 16.5 Å². The number of aliphatic hydroxyl groups excluding tert-OH is 3. The Morgan fingerprint density at radius 2 is 1.91 bits per heavy atom. The normalized spacial score (nSPS) is 31.0. The van der Waals surface area contributed by atoms with Gasteiger partial charge < -0.3 is 20.1 Å². The fourth-order valence-corrected chi connectivity index (χ4v) is 3.20. The minimum atomic E-state index is -1.33. The van der Waals surface area contributed by atoms with Gasteiger partial charge >= 0.3 is 0 Å². The molecule has 8 heteroatoms. The van der Waals surface area contributed by atoms with Crippen LogP contribution < -0.4 is 0 Å². The summed E-state index contributed by atoms with van der Waals surface area (Å²) in [5.41, 5.74) is 8.71. The van der Waals surface area contributed by atoms with E-state index in [0.717, 1.165) is 5.56 Å². The molecule has 2 rings (SSSR count). The van der Waals surface area contributed by atoms with Crippen molar-refractivity contribution >= 4 is 17.8 Å². The SMILES string of the molecule is [N-]=[N+]=NC[C@H]1O[C@H](SCC=Cc2ccccc2)[C@@H](O)[C@@H](O)[C@@H]1O. The second kappa shape index (κ2) is 8.93. The number of hydrogen-bond acceptors (Lipinski definition) is 6. The molecule has 1 aromatic carbocycles. The van der Waals surface area contributed by atoms with Crippen LogP contribution in [0.3, 0.4) is 0 Å². The van der Waals surface area contributed by atoms with Gasteiger partial charge in [-0.2, -0.15) is 0 Å². The molecule has 1 aliphatic heterocycles. The van der Waals surface area contributed by atoms with Crippen molar-refractivity contribution in [2.24, 2.45) is 5.11 Å². The van der Waals surface area contributed by atoms with Crippen LogP contribution in [0.1, 0.15) is 5.56 Å². The van der Waals surface area contributed by atoms with E-state index in [0.29, 0.717) is 5.75 Å². The zero-order valence-electron chi connectivity index (χ0n) is 12.3. The average molecular weight is 337 g/mol. The Morgan fingerprint density at radius 3 is 2.61 bits per heavy atom. The van der Waals surface area contributed by atoms with Gasteiger partial charge in [0.1, 0.15) is 23.7 Å². The molecule has 7 nitrogen and oxygen atoms in total. The lowest BCUT2D eigenvalue weighted by molar-refractivity contribution is -0.194. The molecule has 1 aliphatic rings. The van der Waals surface area contributed by atoms with E-state index in [4.69, 9.17) is 10.3 Å². The molecule has 0 amide bonds. The second-order valence-corrected chi connectivity index (χ2v) is 6.21. The predicted octanol–water partition coefficient (Wildman–Crippen LogP) is 1.55. The van der Waals surface area contributed by atoms with E-state index in [1.165, 1.54) is 11.8 Å². The van der Waals surface area contributed by atoms with Gasteiger partial charge in [0.15, 0.2) is 0 Å². The topological polar surface area (TPSA) is 119 Å². The van der Waals surface area contributed by atoms with Crippen LogP contribution in [0.2, 0.25) is 0 Å². The Bertz CT molecular complexity index is 565. The van der Waals surface area contributed by atoms with Crippen LogP contribution in [-0.2, 0) is 4.74 Å². The minimum absolute atomic E-state index is 0.0988. The van der Waals surface area contributed by atoms with Crippen LogP contribution in [0.4, 0.5) is 0 Å². The van der Waals surface area contributed by atoms with Crippen LogP contribution in [-0.4, -0.2) is 57.5 Å². The number of aliphatic hydroxyl groups is 3. The minimum Gasteiger partial charge on any atom is -0.388 e. The first-order valence-corrected chi connectivity index (χ1v) is 8.22. The number of thioether (sulfide) groups is 1. The standard InChI is InChI=1S/C15H19N3O4S/c16-18-17-9-11-12(19)13(20)14(21)15(22-11)23-8-4-7-10-5-2-1-3-6-10/h1-7,11-15,19-21H,8-9H2/t11-,12-,13+,14+,15-/m1/s1. The molecule has 0 radical (unpaired) electrons. The number of benzene rings is 1. The molecule has 0 aromatic heterocycles. The van der Waals surface area contributed by atoms with E-state index < -0.39 is 29.9 Å². The average Bonchev–Trinajstić information content (AvgIpc) is 2.58. The van der Waals surface area contributed by atoms with E-state index >= 15 is 0 Å². The predicted molar refractivity (Wildman–Crippen MR) is 88.6 cm³/mol. The number of rotatable bonds is 6. The number of hydrogen-bond donors (Lipinski definition) is 3. The maximum absolute atomic E-state index is 9.98. The molecule has 1 aromatic rings. The number of nitrogens with zero attached hydrogens (tertiary/aromatic N) is 3. The van der Waals surface area contributed by atoms with Crippen molar-refractivity contribution in [2.45, 2.75) is 29.9 Å². The van der Waals surface area contributed by atoms with Crippen molar-refractivity contribution in [1.82, 2.24) is 0 Å². The lowest BCUT2D eigenvalue weighted by Gasteiger charge is -2.39. The van der Waals surface area contributed by atoms with Gasteiger partial charge in [-0.25, -0.2) is 0 Å². The molecule has 124 valence electrons. The van der Waals surface area contributed by atoms with Crippen molar-refractivity contribution in [3.63, 3.8) is 0 Å². The van der Waals surface area contributed by atoms with E-state index in [1.807, 2.05) is 42.5 Å². The summed E-state index contributed by atoms with van der Waals surface area (Å²) in [7, 11) is 0. The van der Waals surface area contributed by atoms with Gasteiger partial charge in [-0.15, -0.1) is 11.8 Å². The van der Waals surface area contributed by atoms with E-state index in [2.05, 4.69) is 10.0 Å². The molecular formula is C15H19N3O4S. The van der Waals surface area contributed by atoms with Crippen molar-refractivity contribution < 1.29 is 20.1 Å². The molecule has 0 aliphatic carbocycles. The van der Waals surface area contributed by atoms with Crippen LogP contribution in [0.15, 0.2) is 41.5 Å². The molecule has 0 bridgehead atoms. The molecule has 1 heterocycles. The lowest BCUT2D eigenvalue weighted by atomic mass is 10.00. The molecule has 1 fully saturated rings. The Labute approximate surface area is 138 Å². The van der Waals surface area contributed by atoms with Crippen molar-refractivity contribution in [3.8, 4) is 0 Å². The summed E-state index contributed by atoms with van der Waals surface area (Å²) < 4.78 is 5.54. The van der Waals surface area contributed by atoms with E-state index in [-0.39, 0.29) is 6.54 Å². The van der Waals surface area contributed by atoms with E-state index in [9.17, 15) is 15.3 Å². The second-order valence-electron chi connectivity index (χ2n) is 5.07. The zero-order valence-corrected chi connectivity index (χ0v) is 13.2. The molecule has 23 heavy (non-hydrogen) atoms. The first-order valence-electron chi connectivity index (χ1n) is 7.17. The summed E-state index contributed by atoms with van der Waals surface area (Å²) in [6, 6.07) is 9.78. The zero-order chi connectivity index (χ0) is 16.7. The lowest BCUT2D eigenvalue weighted by Crippen LogP contribution is -2.57. The summed E-state index contributed by atoms with van der Waals surface area (Å²) in [6.07, 6.45) is -0.784. The maximum atomic E-state index is 9.98. The van der Waals surface area contributed by atoms with Gasteiger partial charge in [-0.05, 0) is 11.1 Å². The molecule has 5 atom stereocenters. The van der Waals surface area contributed by atoms with Crippen molar-refractivity contribution in [1.29, 1.82) is 0 Å². The third-order valence-corrected chi connectivity index (χ3v) is 4.56. The van der Waals surface area contributed by atoms with E-state index in [1.54, 1.807) is 0 Å². The van der Waals surface area contributed by atoms with Crippen LogP contribution in [0.5, 0.6) is 0 Å². The highest BCUT2D eigenvalue weighted by Crippen LogP contribution is 2.29. The summed E-state index contributed by atoms with van der Waals surface area (Å²) in [4.78, 5) is 2.61. The Morgan fingerprint density at radius 1 is 1.17 bits per heavy atom. The molecule has 0 unspecified atom stereocenters. The highest BCUT2D eigenvalue weighted by molar-refractivity contribution is 7.99. The van der Waals surface area contributed by atoms with Crippen molar-refractivity contribution in [3.05, 3.63) is 52.4 Å². The fourth-order valence-electron chi connectivity index (χ4n) is 2.22. The molecule has 1 saturated heterocycles. The monoisotopic (exact) mass is 337 g/mol. The van der Waals surface area contributed by atoms with Crippen LogP contribution >= 0.6 is 11.8 Å². The Kier molecular flexibility index (Phi) is 6.91. The molecular weight excluding hydrogens is 318 g/mol. The summed E-state index contributed by atoms with van der Waals surface area (Å²) in [6.45, 7) is -0.0988. The smallest absolute Gasteiger partial charge is 0.132 e. The largest absolute Gasteiger partial charge is 0.388 e. The van der Waals surface area contributed by atoms with Gasteiger partial charge in [-0.1, -0.05) is 47.6 Å². The highest BCUT2D eigenvalue weighted by atomic mass is 32.2. The fraction of sp³-hybridized carbons (Fsp3) is 0.467. The van der Waals surface area contributed by atoms with Gasteiger partial charge in [-0.3, -0.25) is 0 Å². The quantitative estimate of drug-likeness (QED) is 0.413. The number of ether oxygens (including phenoxy) is 1. The number of azide groups is 1. The summed E-state index contributed by atoms with van der Waals surface area (Å²) in [5, 5.41) is 33.0. The summed E-state index contributed by atoms with van der Waals surface area (Å²) >= 11 is 1.30. The molecule has 0 saturated carbocycles. The van der Waals surface area contributed by atoms with Gasteiger partial charge in [0.25, 0.3) is 0 Å². The Hall–Kier alpha value is -1.54. The Balaban J connectivity index is 1.90. The third-order valence-electron chi connectivity index (χ3n) is 3.46. The first-order chi connectivity index (χ1) is 11.1. The molecule has 0 spiro atoms. The van der Waals surface area contributed by atoms with Gasteiger partial charge in [0.2, 0.25) is 0 Å². The third kappa shape index (κ3) is 4.97. The maximum Gasteiger partial charge on any atom is 0.132 e. The van der Waals surface area contributed by atoms with Gasteiger partial charge in [0.05, 0.1) is 12.6 Å². The van der Waals surface area contributed by atoms with Crippen molar-refractivity contribution in [2.75, 3.05) is 12.3 Å². The first kappa shape index (κ1) is 17.8.